The molecule has 1 aliphatic rings. The molecule has 0 bridgehead atoms. The molecule has 0 N–H and O–H groups in total. The second-order valence-electron chi connectivity index (χ2n) is 20.7. The number of aromatic nitrogens is 5. The Bertz CT molecular complexity index is 4910. The molecule has 5 nitrogen and oxygen atoms in total. The molecule has 0 radical (unpaired) electrons. The molecule has 0 atom stereocenters. The van der Waals surface area contributed by atoms with Gasteiger partial charge in [0, 0.05) is 59.7 Å². The van der Waals surface area contributed by atoms with Crippen LogP contribution in [0.25, 0.3) is 133 Å². The summed E-state index contributed by atoms with van der Waals surface area (Å²) in [5.41, 5.74) is 16.0. The van der Waals surface area contributed by atoms with Crippen LogP contribution in [0.5, 0.6) is 0 Å². The largest absolute Gasteiger partial charge is 0.416 e. The smallest absolute Gasteiger partial charge is 0.307 e. The summed E-state index contributed by atoms with van der Waals surface area (Å²) in [4.78, 5) is 0. The van der Waals surface area contributed by atoms with Crippen molar-refractivity contribution in [3.63, 3.8) is 0 Å². The third kappa shape index (κ3) is 6.01. The minimum Gasteiger partial charge on any atom is -0.307 e. The topological polar surface area (TPSA) is 24.6 Å². The molecule has 5 heterocycles. The summed E-state index contributed by atoms with van der Waals surface area (Å²) in [6.45, 7) is 4.34. The predicted octanol–water partition coefficient (Wildman–Crippen LogP) is 18.6. The molecule has 0 spiro atoms. The molecule has 0 unspecified atom stereocenters. The maximum atomic E-state index is 15.6. The van der Waals surface area contributed by atoms with Crippen molar-refractivity contribution in [3.05, 3.63) is 240 Å². The van der Waals surface area contributed by atoms with Gasteiger partial charge in [-0.1, -0.05) is 152 Å². The number of allylic oxidation sites excluding steroid dienone is 1. The van der Waals surface area contributed by atoms with Gasteiger partial charge in [0.05, 0.1) is 83.7 Å². The van der Waals surface area contributed by atoms with E-state index < -0.39 is 11.7 Å². The lowest BCUT2D eigenvalue weighted by atomic mass is 10.00. The van der Waals surface area contributed by atoms with E-state index in [9.17, 15) is 0 Å². The molecule has 0 aliphatic heterocycles. The van der Waals surface area contributed by atoms with Crippen molar-refractivity contribution in [2.75, 3.05) is 0 Å². The first kappa shape index (κ1) is 43.8. The number of fused-ring (bicyclic) bond motifs is 15. The van der Waals surface area contributed by atoms with Gasteiger partial charge in [0.25, 0.3) is 0 Å². The van der Waals surface area contributed by atoms with Gasteiger partial charge in [-0.05, 0) is 105 Å². The summed E-state index contributed by atoms with van der Waals surface area (Å²) in [5, 5.41) is 9.25. The van der Waals surface area contributed by atoms with Crippen molar-refractivity contribution < 1.29 is 13.2 Å². The Hall–Kier alpha value is -9.53. The number of alkyl halides is 3. The molecule has 16 rings (SSSR count). The first-order valence-corrected chi connectivity index (χ1v) is 26.3. The molecule has 0 amide bonds. The molecule has 0 saturated heterocycles. The number of para-hydroxylation sites is 7. The van der Waals surface area contributed by atoms with Crippen molar-refractivity contribution in [2.45, 2.75) is 32.9 Å². The van der Waals surface area contributed by atoms with Crippen LogP contribution in [0.2, 0.25) is 0 Å². The zero-order valence-corrected chi connectivity index (χ0v) is 42.1. The Kier molecular flexibility index (Phi) is 9.10. The van der Waals surface area contributed by atoms with Crippen LogP contribution in [0, 0.1) is 13.8 Å². The number of hydrogen-bond acceptors (Lipinski definition) is 0. The predicted molar refractivity (Wildman–Crippen MR) is 312 cm³/mol. The lowest BCUT2D eigenvalue weighted by molar-refractivity contribution is -0.137. The summed E-state index contributed by atoms with van der Waals surface area (Å²) in [5.74, 6) is 0. The van der Waals surface area contributed by atoms with Crippen molar-refractivity contribution in [1.29, 1.82) is 0 Å². The maximum Gasteiger partial charge on any atom is 0.416 e. The van der Waals surface area contributed by atoms with Gasteiger partial charge in [-0.2, -0.15) is 13.2 Å². The average Bonchev–Trinajstić information content (AvgIpc) is 4.08. The highest BCUT2D eigenvalue weighted by molar-refractivity contribution is 6.16. The van der Waals surface area contributed by atoms with E-state index >= 15 is 13.2 Å². The van der Waals surface area contributed by atoms with Gasteiger partial charge in [0.15, 0.2) is 0 Å². The Balaban J connectivity index is 1.30. The molecule has 5 aromatic heterocycles. The molecule has 10 aromatic carbocycles. The lowest BCUT2D eigenvalue weighted by Gasteiger charge is -2.31. The minimum absolute atomic E-state index is 0.453. The van der Waals surface area contributed by atoms with E-state index in [1.165, 1.54) is 17.7 Å². The van der Waals surface area contributed by atoms with Crippen LogP contribution in [-0.4, -0.2) is 22.8 Å². The van der Waals surface area contributed by atoms with E-state index in [-0.39, 0.29) is 0 Å². The van der Waals surface area contributed by atoms with E-state index in [0.717, 1.165) is 151 Å². The summed E-state index contributed by atoms with van der Waals surface area (Å²) in [6.07, 6.45) is 1.63. The summed E-state index contributed by atoms with van der Waals surface area (Å²) in [6, 6.07) is 70.9. The highest BCUT2D eigenvalue weighted by Gasteiger charge is 2.37. The summed E-state index contributed by atoms with van der Waals surface area (Å²) >= 11 is 0. The van der Waals surface area contributed by atoms with Gasteiger partial charge < -0.3 is 22.8 Å². The molecule has 8 heteroatoms. The Morgan fingerprint density at radius 2 is 0.675 bits per heavy atom. The van der Waals surface area contributed by atoms with Crippen LogP contribution in [0.4, 0.5) is 13.2 Å². The van der Waals surface area contributed by atoms with E-state index in [2.05, 4.69) is 237 Å². The van der Waals surface area contributed by atoms with Crippen LogP contribution in [-0.2, 0) is 12.6 Å². The number of nitrogens with zero attached hydrogens (tertiary/aromatic N) is 5. The van der Waals surface area contributed by atoms with Crippen LogP contribution < -0.4 is 0 Å². The number of benzene rings is 10. The van der Waals surface area contributed by atoms with Gasteiger partial charge in [-0.25, -0.2) is 0 Å². The highest BCUT2D eigenvalue weighted by atomic mass is 19.4. The van der Waals surface area contributed by atoms with Crippen LogP contribution >= 0.6 is 0 Å². The fraction of sp³-hybridized carbons (Fsp3) is 0.0725. The molecule has 1 aliphatic carbocycles. The van der Waals surface area contributed by atoms with Crippen molar-refractivity contribution in [1.82, 2.24) is 22.8 Å². The van der Waals surface area contributed by atoms with Crippen molar-refractivity contribution in [3.8, 4) is 28.4 Å². The Morgan fingerprint density at radius 3 is 1.13 bits per heavy atom. The zero-order chi connectivity index (χ0) is 51.4. The van der Waals surface area contributed by atoms with Crippen molar-refractivity contribution in [2.24, 2.45) is 0 Å². The molecule has 0 fully saturated rings. The minimum atomic E-state index is -4.63. The standard InChI is InChI=1S/C69H46F3N5/c1-41-35-37-52-53-38-36-43(69(70,71)72)40-63(53)77(62(52)39-41)68-66(75-58-31-15-7-23-48(58)49-24-8-16-32-59(49)75)64(73-54-27-11-3-19-44(54)45-20-4-12-28-55(45)73)42(2)65(74-56-29-13-5-21-46(56)47-22-6-14-30-57(47)74)67(68)76-60-33-17-9-25-50(60)51-26-10-18-34-61(51)76/h3-9,11-25,27-40H,10,26H2,1-2H3. The third-order valence-corrected chi connectivity index (χ3v) is 16.6. The van der Waals surface area contributed by atoms with Crippen LogP contribution in [0.15, 0.2) is 212 Å². The van der Waals surface area contributed by atoms with Crippen LogP contribution in [0.3, 0.4) is 0 Å². The van der Waals surface area contributed by atoms with Gasteiger partial charge in [-0.15, -0.1) is 0 Å². The molecule has 77 heavy (non-hydrogen) atoms. The van der Waals surface area contributed by atoms with Gasteiger partial charge in [0.1, 0.15) is 0 Å². The summed E-state index contributed by atoms with van der Waals surface area (Å²) in [7, 11) is 0. The Morgan fingerprint density at radius 1 is 0.338 bits per heavy atom. The fourth-order valence-electron chi connectivity index (χ4n) is 13.5. The zero-order valence-electron chi connectivity index (χ0n) is 42.1. The number of hydrogen-bond donors (Lipinski definition) is 0. The highest BCUT2D eigenvalue weighted by Crippen LogP contribution is 2.52. The van der Waals surface area contributed by atoms with Gasteiger partial charge in [-0.3, -0.25) is 0 Å². The maximum absolute atomic E-state index is 15.6. The van der Waals surface area contributed by atoms with Gasteiger partial charge in [0.2, 0.25) is 0 Å². The second-order valence-corrected chi connectivity index (χ2v) is 20.7. The number of aryl methyl sites for hydroxylation is 2. The third-order valence-electron chi connectivity index (χ3n) is 16.6. The number of rotatable bonds is 5. The first-order valence-electron chi connectivity index (χ1n) is 26.3. The number of halogens is 3. The monoisotopic (exact) mass is 1000 g/mol. The lowest BCUT2D eigenvalue weighted by Crippen LogP contribution is -2.19. The molecule has 368 valence electrons. The molecular weight excluding hydrogens is 956 g/mol. The average molecular weight is 1000 g/mol. The van der Waals surface area contributed by atoms with E-state index in [4.69, 9.17) is 0 Å². The quantitative estimate of drug-likeness (QED) is 0.164. The Labute approximate surface area is 439 Å². The van der Waals surface area contributed by atoms with Gasteiger partial charge >= 0.3 is 6.18 Å². The SMILES string of the molecule is Cc1ccc2c3ccc(C(F)(F)F)cc3n(-c3c(-n4c5c(c6ccccc64)CCC=C5)c(-n4c5ccccc5c5ccccc54)c(C)c(-n4c5ccccc5c5ccccc54)c3-n3c4ccccc4c4ccccc43)c2c1. The van der Waals surface area contributed by atoms with Crippen LogP contribution in [0.1, 0.15) is 34.4 Å². The van der Waals surface area contributed by atoms with Crippen molar-refractivity contribution >= 4 is 104 Å². The molecule has 15 aromatic rings. The van der Waals surface area contributed by atoms with E-state index in [0.29, 0.717) is 5.52 Å². The first-order chi connectivity index (χ1) is 37.7. The summed E-state index contributed by atoms with van der Waals surface area (Å²) < 4.78 is 58.8. The molecule has 0 saturated carbocycles. The molecular formula is C69H46F3N5. The van der Waals surface area contributed by atoms with E-state index in [1.54, 1.807) is 6.07 Å². The normalized spacial score (nSPS) is 13.1. The second kappa shape index (κ2) is 16.0. The van der Waals surface area contributed by atoms with E-state index in [1.807, 2.05) is 0 Å². The fourth-order valence-corrected chi connectivity index (χ4v) is 13.5.